The van der Waals surface area contributed by atoms with Crippen LogP contribution < -0.4 is 0 Å². The summed E-state index contributed by atoms with van der Waals surface area (Å²) in [5.74, 6) is -0.145. The van der Waals surface area contributed by atoms with Gasteiger partial charge >= 0.3 is 5.97 Å². The lowest BCUT2D eigenvalue weighted by Gasteiger charge is -2.28. The van der Waals surface area contributed by atoms with Crippen molar-refractivity contribution in [1.29, 1.82) is 5.26 Å². The van der Waals surface area contributed by atoms with Gasteiger partial charge < -0.3 is 9.47 Å². The second-order valence-electron chi connectivity index (χ2n) is 6.06. The van der Waals surface area contributed by atoms with Gasteiger partial charge in [0.1, 0.15) is 17.4 Å². The summed E-state index contributed by atoms with van der Waals surface area (Å²) in [6, 6.07) is 13.8. The molecule has 2 aromatic rings. The molecule has 0 bridgehead atoms. The molecule has 0 aliphatic carbocycles. The van der Waals surface area contributed by atoms with Gasteiger partial charge in [0.2, 0.25) is 5.88 Å². The molecule has 0 saturated carbocycles. The number of benzene rings is 1. The van der Waals surface area contributed by atoms with Crippen LogP contribution in [0, 0.1) is 18.3 Å². The first-order valence-electron chi connectivity index (χ1n) is 8.46. The Morgan fingerprint density at radius 2 is 2.00 bits per heavy atom. The van der Waals surface area contributed by atoms with Crippen LogP contribution in [0.25, 0.3) is 5.88 Å². The van der Waals surface area contributed by atoms with E-state index >= 15 is 0 Å². The molecule has 26 heavy (non-hydrogen) atoms. The molecule has 0 saturated heterocycles. The Morgan fingerprint density at radius 3 is 2.62 bits per heavy atom. The fraction of sp³-hybridized carbons (Fsp3) is 0.238. The number of aryl methyl sites for hydroxylation is 1. The predicted octanol–water partition coefficient (Wildman–Crippen LogP) is 4.14. The molecule has 0 spiro atoms. The average molecular weight is 348 g/mol. The maximum absolute atomic E-state index is 12.6. The van der Waals surface area contributed by atoms with Gasteiger partial charge in [-0.1, -0.05) is 29.8 Å². The quantitative estimate of drug-likeness (QED) is 0.779. The summed E-state index contributed by atoms with van der Waals surface area (Å²) in [5, 5.41) is 9.90. The van der Waals surface area contributed by atoms with Crippen molar-refractivity contribution in [3.63, 3.8) is 0 Å². The number of rotatable bonds is 4. The highest BCUT2D eigenvalue weighted by molar-refractivity contribution is 5.93. The van der Waals surface area contributed by atoms with Crippen LogP contribution in [0.2, 0.25) is 0 Å². The molecular formula is C21H20N2O3. The SMILES string of the molecule is CCOC(=O)C1=C(C)OC(n2cccc2)=C(C#N)[C@H]1c1cccc(C)c1. The zero-order chi connectivity index (χ0) is 18.7. The first kappa shape index (κ1) is 17.6. The summed E-state index contributed by atoms with van der Waals surface area (Å²) in [6.45, 7) is 5.72. The standard InChI is InChI=1S/C21H20N2O3/c1-4-25-21(24)18-15(3)26-20(23-10-5-6-11-23)17(13-22)19(18)16-9-7-8-14(2)12-16/h5-12,19H,4H2,1-3H3/t19-/m1/s1. The molecule has 1 aromatic heterocycles. The Balaban J connectivity index is 2.23. The number of ether oxygens (including phenoxy) is 2. The molecule has 1 aliphatic heterocycles. The number of hydrogen-bond donors (Lipinski definition) is 0. The number of hydrogen-bond acceptors (Lipinski definition) is 4. The third-order valence-electron chi connectivity index (χ3n) is 4.27. The summed E-state index contributed by atoms with van der Waals surface area (Å²) in [5.41, 5.74) is 2.65. The van der Waals surface area contributed by atoms with Crippen molar-refractivity contribution in [3.05, 3.63) is 76.8 Å². The lowest BCUT2D eigenvalue weighted by atomic mass is 9.82. The van der Waals surface area contributed by atoms with Gasteiger partial charge in [0.05, 0.1) is 18.1 Å². The van der Waals surface area contributed by atoms with Gasteiger partial charge in [0.15, 0.2) is 0 Å². The number of allylic oxidation sites excluding steroid dienone is 2. The van der Waals surface area contributed by atoms with Crippen molar-refractivity contribution in [2.24, 2.45) is 0 Å². The Labute approximate surface area is 152 Å². The molecular weight excluding hydrogens is 328 g/mol. The number of aromatic nitrogens is 1. The molecule has 1 aliphatic rings. The largest absolute Gasteiger partial charge is 0.463 e. The van der Waals surface area contributed by atoms with E-state index in [1.54, 1.807) is 18.4 Å². The molecule has 3 rings (SSSR count). The van der Waals surface area contributed by atoms with Crippen molar-refractivity contribution >= 4 is 11.9 Å². The van der Waals surface area contributed by atoms with E-state index in [0.29, 0.717) is 22.8 Å². The number of esters is 1. The minimum absolute atomic E-state index is 0.256. The Morgan fingerprint density at radius 1 is 1.27 bits per heavy atom. The van der Waals surface area contributed by atoms with Gasteiger partial charge in [-0.05, 0) is 38.5 Å². The van der Waals surface area contributed by atoms with E-state index in [-0.39, 0.29) is 6.61 Å². The number of carbonyl (C=O) groups is 1. The Hall–Kier alpha value is -3.26. The van der Waals surface area contributed by atoms with Crippen molar-refractivity contribution < 1.29 is 14.3 Å². The summed E-state index contributed by atoms with van der Waals surface area (Å²) in [4.78, 5) is 12.6. The summed E-state index contributed by atoms with van der Waals surface area (Å²) >= 11 is 0. The fourth-order valence-electron chi connectivity index (χ4n) is 3.15. The van der Waals surface area contributed by atoms with Crippen LogP contribution in [-0.4, -0.2) is 17.1 Å². The Bertz CT molecular complexity index is 930. The number of nitriles is 1. The van der Waals surface area contributed by atoms with Gasteiger partial charge in [-0.3, -0.25) is 4.57 Å². The molecule has 5 nitrogen and oxygen atoms in total. The monoisotopic (exact) mass is 348 g/mol. The lowest BCUT2D eigenvalue weighted by molar-refractivity contribution is -0.139. The maximum atomic E-state index is 12.6. The summed E-state index contributed by atoms with van der Waals surface area (Å²) in [6.07, 6.45) is 3.62. The van der Waals surface area contributed by atoms with E-state index in [1.807, 2.05) is 55.7 Å². The molecule has 5 heteroatoms. The van der Waals surface area contributed by atoms with Crippen LogP contribution >= 0.6 is 0 Å². The smallest absolute Gasteiger partial charge is 0.338 e. The molecule has 0 unspecified atom stereocenters. The second kappa shape index (κ2) is 7.32. The molecule has 132 valence electrons. The van der Waals surface area contributed by atoms with Gasteiger partial charge in [-0.2, -0.15) is 5.26 Å². The normalized spacial score (nSPS) is 16.9. The van der Waals surface area contributed by atoms with Crippen LogP contribution in [-0.2, 0) is 14.3 Å². The minimum Gasteiger partial charge on any atom is -0.463 e. The molecule has 1 atom stereocenters. The van der Waals surface area contributed by atoms with Crippen molar-refractivity contribution in [2.75, 3.05) is 6.61 Å². The van der Waals surface area contributed by atoms with Crippen molar-refractivity contribution in [1.82, 2.24) is 4.57 Å². The van der Waals surface area contributed by atoms with Gasteiger partial charge in [-0.15, -0.1) is 0 Å². The highest BCUT2D eigenvalue weighted by Gasteiger charge is 2.37. The average Bonchev–Trinajstić information content (AvgIpc) is 3.15. The Kier molecular flexibility index (Phi) is 4.94. The maximum Gasteiger partial charge on any atom is 0.338 e. The van der Waals surface area contributed by atoms with Crippen molar-refractivity contribution in [3.8, 4) is 6.07 Å². The first-order chi connectivity index (χ1) is 12.6. The van der Waals surface area contributed by atoms with Crippen LogP contribution in [0.15, 0.2) is 65.7 Å². The topological polar surface area (TPSA) is 64.2 Å². The molecule has 0 N–H and O–H groups in total. The third kappa shape index (κ3) is 3.14. The van der Waals surface area contributed by atoms with E-state index in [2.05, 4.69) is 6.07 Å². The first-order valence-corrected chi connectivity index (χ1v) is 8.46. The zero-order valence-electron chi connectivity index (χ0n) is 15.0. The minimum atomic E-state index is -0.537. The summed E-state index contributed by atoms with van der Waals surface area (Å²) in [7, 11) is 0. The highest BCUT2D eigenvalue weighted by Crippen LogP contribution is 2.42. The van der Waals surface area contributed by atoms with Gasteiger partial charge in [0, 0.05) is 12.4 Å². The number of carbonyl (C=O) groups excluding carboxylic acids is 1. The zero-order valence-corrected chi connectivity index (χ0v) is 15.0. The van der Waals surface area contributed by atoms with Gasteiger partial charge in [0.25, 0.3) is 0 Å². The fourth-order valence-corrected chi connectivity index (χ4v) is 3.15. The van der Waals surface area contributed by atoms with Crippen LogP contribution in [0.3, 0.4) is 0 Å². The number of nitrogens with zero attached hydrogens (tertiary/aromatic N) is 2. The lowest BCUT2D eigenvalue weighted by Crippen LogP contribution is -2.24. The van der Waals surface area contributed by atoms with Crippen LogP contribution in [0.1, 0.15) is 30.9 Å². The molecule has 1 aromatic carbocycles. The van der Waals surface area contributed by atoms with E-state index in [9.17, 15) is 10.1 Å². The highest BCUT2D eigenvalue weighted by atomic mass is 16.5. The van der Waals surface area contributed by atoms with Crippen LogP contribution in [0.4, 0.5) is 0 Å². The predicted molar refractivity (Wildman–Crippen MR) is 97.6 cm³/mol. The van der Waals surface area contributed by atoms with Gasteiger partial charge in [-0.25, -0.2) is 4.79 Å². The molecule has 0 fully saturated rings. The molecule has 0 amide bonds. The van der Waals surface area contributed by atoms with E-state index < -0.39 is 11.9 Å². The van der Waals surface area contributed by atoms with Crippen LogP contribution in [0.5, 0.6) is 0 Å². The van der Waals surface area contributed by atoms with E-state index in [4.69, 9.17) is 9.47 Å². The van der Waals surface area contributed by atoms with E-state index in [1.165, 1.54) is 0 Å². The second-order valence-corrected chi connectivity index (χ2v) is 6.06. The van der Waals surface area contributed by atoms with E-state index in [0.717, 1.165) is 11.1 Å². The molecule has 0 radical (unpaired) electrons. The summed E-state index contributed by atoms with van der Waals surface area (Å²) < 4.78 is 12.9. The third-order valence-corrected chi connectivity index (χ3v) is 4.27. The molecule has 2 heterocycles. The van der Waals surface area contributed by atoms with Crippen molar-refractivity contribution in [2.45, 2.75) is 26.7 Å².